The van der Waals surface area contributed by atoms with Crippen LogP contribution in [0.4, 0.5) is 0 Å². The topological polar surface area (TPSA) is 58.6 Å². The van der Waals surface area contributed by atoms with Gasteiger partial charge in [-0.15, -0.1) is 0 Å². The van der Waals surface area contributed by atoms with Crippen LogP contribution >= 0.6 is 0 Å². The molecule has 1 amide bonds. The van der Waals surface area contributed by atoms with Crippen LogP contribution in [0.25, 0.3) is 0 Å². The van der Waals surface area contributed by atoms with E-state index in [2.05, 4.69) is 5.48 Å². The van der Waals surface area contributed by atoms with Gasteiger partial charge in [0.25, 0.3) is 0 Å². The molecule has 4 heteroatoms. The average Bonchev–Trinajstić information content (AvgIpc) is 2.29. The van der Waals surface area contributed by atoms with Crippen molar-refractivity contribution in [1.82, 2.24) is 5.48 Å². The first-order chi connectivity index (χ1) is 8.58. The molecular formula is C14H19NO3. The standard InChI is InChI=1S/C14H19NO3/c1-11(2)8-13(16)9-14(17)15-18-10-12-6-4-3-5-7-12/h3-8,13,16H,9-10H2,1-2H3,(H,15,17)/t13-/m0/s1. The van der Waals surface area contributed by atoms with Gasteiger partial charge in [0.15, 0.2) is 0 Å². The molecule has 0 fully saturated rings. The van der Waals surface area contributed by atoms with Crippen LogP contribution in [0, 0.1) is 0 Å². The van der Waals surface area contributed by atoms with Gasteiger partial charge in [-0.1, -0.05) is 42.0 Å². The Labute approximate surface area is 107 Å². The number of nitrogens with one attached hydrogen (secondary N) is 1. The van der Waals surface area contributed by atoms with Crippen molar-refractivity contribution in [2.75, 3.05) is 0 Å². The number of rotatable bonds is 6. The average molecular weight is 249 g/mol. The van der Waals surface area contributed by atoms with Gasteiger partial charge < -0.3 is 5.11 Å². The fourth-order valence-electron chi connectivity index (χ4n) is 1.45. The number of hydroxylamine groups is 1. The number of hydrogen-bond acceptors (Lipinski definition) is 3. The van der Waals surface area contributed by atoms with Crippen LogP contribution in [0.15, 0.2) is 42.0 Å². The SMILES string of the molecule is CC(C)=C[C@H](O)CC(=O)NOCc1ccccc1. The molecule has 18 heavy (non-hydrogen) atoms. The second kappa shape index (κ2) is 7.63. The second-order valence-corrected chi connectivity index (χ2v) is 4.32. The summed E-state index contributed by atoms with van der Waals surface area (Å²) in [7, 11) is 0. The van der Waals surface area contributed by atoms with Crippen LogP contribution in [0.1, 0.15) is 25.8 Å². The smallest absolute Gasteiger partial charge is 0.246 e. The van der Waals surface area contributed by atoms with E-state index in [0.717, 1.165) is 11.1 Å². The van der Waals surface area contributed by atoms with E-state index in [1.165, 1.54) is 0 Å². The molecule has 1 atom stereocenters. The number of aliphatic hydroxyl groups excluding tert-OH is 1. The molecule has 1 aromatic carbocycles. The summed E-state index contributed by atoms with van der Waals surface area (Å²) in [5.74, 6) is -0.337. The summed E-state index contributed by atoms with van der Waals surface area (Å²) in [5, 5.41) is 9.51. The van der Waals surface area contributed by atoms with Crippen molar-refractivity contribution < 1.29 is 14.7 Å². The molecule has 0 heterocycles. The molecule has 0 saturated carbocycles. The van der Waals surface area contributed by atoms with Gasteiger partial charge in [0.2, 0.25) is 5.91 Å². The Morgan fingerprint density at radius 2 is 2.06 bits per heavy atom. The summed E-state index contributed by atoms with van der Waals surface area (Å²) in [4.78, 5) is 16.5. The monoisotopic (exact) mass is 249 g/mol. The van der Waals surface area contributed by atoms with Gasteiger partial charge in [-0.25, -0.2) is 5.48 Å². The van der Waals surface area contributed by atoms with Crippen LogP contribution in [-0.2, 0) is 16.2 Å². The quantitative estimate of drug-likeness (QED) is 0.598. The van der Waals surface area contributed by atoms with E-state index in [1.54, 1.807) is 6.08 Å². The van der Waals surface area contributed by atoms with Crippen molar-refractivity contribution >= 4 is 5.91 Å². The number of benzene rings is 1. The lowest BCUT2D eigenvalue weighted by atomic mass is 10.2. The predicted molar refractivity (Wildman–Crippen MR) is 69.4 cm³/mol. The fraction of sp³-hybridized carbons (Fsp3) is 0.357. The lowest BCUT2D eigenvalue weighted by molar-refractivity contribution is -0.136. The Hall–Kier alpha value is -1.65. The maximum atomic E-state index is 11.4. The zero-order chi connectivity index (χ0) is 13.4. The van der Waals surface area contributed by atoms with Gasteiger partial charge in [0.05, 0.1) is 19.1 Å². The molecule has 0 saturated heterocycles. The molecule has 1 aromatic rings. The molecule has 0 radical (unpaired) electrons. The Morgan fingerprint density at radius 3 is 2.67 bits per heavy atom. The van der Waals surface area contributed by atoms with E-state index in [4.69, 9.17) is 4.84 Å². The van der Waals surface area contributed by atoms with Crippen LogP contribution in [0.5, 0.6) is 0 Å². The van der Waals surface area contributed by atoms with Crippen LogP contribution in [0.3, 0.4) is 0 Å². The molecule has 4 nitrogen and oxygen atoms in total. The molecule has 0 aliphatic heterocycles. The molecule has 0 aromatic heterocycles. The predicted octanol–water partition coefficient (Wildman–Crippen LogP) is 1.95. The van der Waals surface area contributed by atoms with E-state index in [-0.39, 0.29) is 12.3 Å². The van der Waals surface area contributed by atoms with E-state index < -0.39 is 6.10 Å². The zero-order valence-corrected chi connectivity index (χ0v) is 10.7. The van der Waals surface area contributed by atoms with Crippen LogP contribution in [0.2, 0.25) is 0 Å². The molecule has 98 valence electrons. The van der Waals surface area contributed by atoms with Gasteiger partial charge >= 0.3 is 0 Å². The molecule has 0 spiro atoms. The highest BCUT2D eigenvalue weighted by Crippen LogP contribution is 2.01. The summed E-state index contributed by atoms with van der Waals surface area (Å²) in [6, 6.07) is 9.53. The number of allylic oxidation sites excluding steroid dienone is 1. The first kappa shape index (κ1) is 14.4. The lowest BCUT2D eigenvalue weighted by Gasteiger charge is -2.08. The van der Waals surface area contributed by atoms with Crippen molar-refractivity contribution in [3.63, 3.8) is 0 Å². The molecule has 0 aliphatic rings. The summed E-state index contributed by atoms with van der Waals surface area (Å²) in [5.41, 5.74) is 4.25. The summed E-state index contributed by atoms with van der Waals surface area (Å²) in [6.45, 7) is 4.05. The Morgan fingerprint density at radius 1 is 1.39 bits per heavy atom. The minimum Gasteiger partial charge on any atom is -0.388 e. The van der Waals surface area contributed by atoms with Gasteiger partial charge in [0, 0.05) is 0 Å². The van der Waals surface area contributed by atoms with Crippen molar-refractivity contribution in [3.8, 4) is 0 Å². The second-order valence-electron chi connectivity index (χ2n) is 4.32. The van der Waals surface area contributed by atoms with E-state index in [9.17, 15) is 9.90 Å². The third-order valence-electron chi connectivity index (χ3n) is 2.19. The number of aliphatic hydroxyl groups is 1. The van der Waals surface area contributed by atoms with Gasteiger partial charge in [0.1, 0.15) is 0 Å². The van der Waals surface area contributed by atoms with Gasteiger partial charge in [-0.2, -0.15) is 0 Å². The molecule has 2 N–H and O–H groups in total. The van der Waals surface area contributed by atoms with Crippen molar-refractivity contribution in [2.45, 2.75) is 33.0 Å². The molecule has 1 rings (SSSR count). The third kappa shape index (κ3) is 6.18. The number of carbonyl (C=O) groups excluding carboxylic acids is 1. The summed E-state index contributed by atoms with van der Waals surface area (Å²) >= 11 is 0. The fourth-order valence-corrected chi connectivity index (χ4v) is 1.45. The summed E-state index contributed by atoms with van der Waals surface area (Å²) < 4.78 is 0. The minimum absolute atomic E-state index is 0.0000301. The first-order valence-corrected chi connectivity index (χ1v) is 5.85. The van der Waals surface area contributed by atoms with Crippen LogP contribution in [-0.4, -0.2) is 17.1 Å². The molecule has 0 aliphatic carbocycles. The van der Waals surface area contributed by atoms with E-state index in [0.29, 0.717) is 6.61 Å². The normalized spacial score (nSPS) is 11.7. The molecule has 0 bridgehead atoms. The maximum Gasteiger partial charge on any atom is 0.246 e. The number of hydrogen-bond donors (Lipinski definition) is 2. The minimum atomic E-state index is -0.768. The van der Waals surface area contributed by atoms with E-state index in [1.807, 2.05) is 44.2 Å². The highest BCUT2D eigenvalue weighted by molar-refractivity contribution is 5.75. The highest BCUT2D eigenvalue weighted by atomic mass is 16.6. The largest absolute Gasteiger partial charge is 0.388 e. The Bertz CT molecular complexity index is 397. The van der Waals surface area contributed by atoms with E-state index >= 15 is 0 Å². The molecule has 0 unspecified atom stereocenters. The number of carbonyl (C=O) groups is 1. The summed E-state index contributed by atoms with van der Waals surface area (Å²) in [6.07, 6.45) is 0.867. The maximum absolute atomic E-state index is 11.4. The Balaban J connectivity index is 2.24. The number of amides is 1. The highest BCUT2D eigenvalue weighted by Gasteiger charge is 2.08. The van der Waals surface area contributed by atoms with Crippen molar-refractivity contribution in [2.24, 2.45) is 0 Å². The third-order valence-corrected chi connectivity index (χ3v) is 2.19. The Kier molecular flexibility index (Phi) is 6.11. The van der Waals surface area contributed by atoms with Gasteiger partial charge in [-0.05, 0) is 19.4 Å². The van der Waals surface area contributed by atoms with Crippen molar-refractivity contribution in [3.05, 3.63) is 47.5 Å². The molecular weight excluding hydrogens is 230 g/mol. The lowest BCUT2D eigenvalue weighted by Crippen LogP contribution is -2.27. The first-order valence-electron chi connectivity index (χ1n) is 5.85. The zero-order valence-electron chi connectivity index (χ0n) is 10.7. The van der Waals surface area contributed by atoms with Crippen molar-refractivity contribution in [1.29, 1.82) is 0 Å². The van der Waals surface area contributed by atoms with Gasteiger partial charge in [-0.3, -0.25) is 9.63 Å². The van der Waals surface area contributed by atoms with Crippen LogP contribution < -0.4 is 5.48 Å².